The van der Waals surface area contributed by atoms with Crippen molar-refractivity contribution in [2.75, 3.05) is 79.8 Å². The number of benzene rings is 2. The number of amides is 4. The molecule has 4 fully saturated rings. The quantitative estimate of drug-likeness (QED) is 0.189. The molecule has 1 unspecified atom stereocenters. The predicted molar refractivity (Wildman–Crippen MR) is 250 cm³/mol. The van der Waals surface area contributed by atoms with Crippen LogP contribution in [-0.2, 0) is 60.6 Å². The molecule has 67 heavy (non-hydrogen) atoms. The lowest BCUT2D eigenvalue weighted by atomic mass is 9.86. The van der Waals surface area contributed by atoms with Crippen molar-refractivity contribution in [1.29, 1.82) is 0 Å². The molecule has 6 rings (SSSR count). The Kier molecular flexibility index (Phi) is 19.5. The lowest BCUT2D eigenvalue weighted by Gasteiger charge is -2.30. The summed E-state index contributed by atoms with van der Waals surface area (Å²) in [6.07, 6.45) is 3.13. The van der Waals surface area contributed by atoms with E-state index < -0.39 is 67.0 Å². The van der Waals surface area contributed by atoms with Crippen LogP contribution in [0, 0.1) is 17.8 Å². The van der Waals surface area contributed by atoms with E-state index in [2.05, 4.69) is 69.5 Å². The third-order valence-corrected chi connectivity index (χ3v) is 14.1. The van der Waals surface area contributed by atoms with Crippen LogP contribution >= 0.6 is 0 Å². The lowest BCUT2D eigenvalue weighted by molar-refractivity contribution is -0.154. The molecule has 10 atom stereocenters. The number of cyclic esters (lactones) is 2. The average Bonchev–Trinajstić information content (AvgIpc) is 4.06. The maximum atomic E-state index is 14.6. The van der Waals surface area contributed by atoms with Crippen LogP contribution in [0.4, 0.5) is 0 Å². The second-order valence-corrected chi connectivity index (χ2v) is 18.6. The number of carbonyl (C=O) groups excluding carboxylic acids is 6. The van der Waals surface area contributed by atoms with Crippen molar-refractivity contribution in [2.24, 2.45) is 17.8 Å². The molecule has 4 aliphatic heterocycles. The number of hydrogen-bond donors (Lipinski definition) is 4. The smallest absolute Gasteiger partial charge is 0.306 e. The molecule has 2 aromatic carbocycles. The molecule has 17 heteroatoms. The summed E-state index contributed by atoms with van der Waals surface area (Å²) >= 11 is 0. The first-order valence-corrected chi connectivity index (χ1v) is 24.3. The number of aryl methyl sites for hydroxylation is 1. The lowest BCUT2D eigenvalue weighted by Crippen LogP contribution is -2.56. The number of carbonyl (C=O) groups is 6. The van der Waals surface area contributed by atoms with E-state index in [9.17, 15) is 28.8 Å². The molecular formula is C50H73N7O10. The molecule has 17 nitrogen and oxygen atoms in total. The Morgan fingerprint density at radius 3 is 1.81 bits per heavy atom. The number of nitrogens with one attached hydrogen (secondary N) is 4. The highest BCUT2D eigenvalue weighted by molar-refractivity contribution is 5.91. The fourth-order valence-corrected chi connectivity index (χ4v) is 9.69. The molecule has 4 bridgehead atoms. The summed E-state index contributed by atoms with van der Waals surface area (Å²) in [6.45, 7) is 8.17. The fourth-order valence-electron chi connectivity index (χ4n) is 9.69. The molecule has 368 valence electrons. The number of hydrogen-bond acceptors (Lipinski definition) is 13. The van der Waals surface area contributed by atoms with Crippen LogP contribution in [0.3, 0.4) is 0 Å². The summed E-state index contributed by atoms with van der Waals surface area (Å²) in [7, 11) is 3.27. The molecular weight excluding hydrogens is 859 g/mol. The van der Waals surface area contributed by atoms with Gasteiger partial charge in [0, 0.05) is 51.1 Å². The molecule has 2 aromatic rings. The summed E-state index contributed by atoms with van der Waals surface area (Å²) in [6, 6.07) is 16.8. The van der Waals surface area contributed by atoms with Crippen LogP contribution in [0.15, 0.2) is 60.7 Å². The van der Waals surface area contributed by atoms with Crippen LogP contribution in [0.2, 0.25) is 0 Å². The first-order chi connectivity index (χ1) is 32.4. The first kappa shape index (κ1) is 51.5. The van der Waals surface area contributed by atoms with Crippen LogP contribution in [0.5, 0.6) is 0 Å². The van der Waals surface area contributed by atoms with Gasteiger partial charge in [-0.2, -0.15) is 0 Å². The Hall–Kier alpha value is -4.94. The van der Waals surface area contributed by atoms with Crippen molar-refractivity contribution in [1.82, 2.24) is 36.0 Å². The zero-order valence-corrected chi connectivity index (χ0v) is 40.0. The van der Waals surface area contributed by atoms with Crippen LogP contribution in [0.25, 0.3) is 0 Å². The third-order valence-electron chi connectivity index (χ3n) is 14.1. The molecule has 0 saturated carbocycles. The van der Waals surface area contributed by atoms with E-state index >= 15 is 0 Å². The first-order valence-electron chi connectivity index (χ1n) is 24.3. The second kappa shape index (κ2) is 25.4. The van der Waals surface area contributed by atoms with E-state index in [1.807, 2.05) is 24.3 Å². The van der Waals surface area contributed by atoms with E-state index in [0.29, 0.717) is 25.6 Å². The number of esters is 2. The normalized spacial score (nSPS) is 27.2. The highest BCUT2D eigenvalue weighted by atomic mass is 16.5. The minimum Gasteiger partial charge on any atom is -0.463 e. The van der Waals surface area contributed by atoms with Crippen LogP contribution < -0.4 is 21.3 Å². The highest BCUT2D eigenvalue weighted by Crippen LogP contribution is 2.35. The SMILES string of the molecule is CCC(CCc1ccccc1)C[C@H]1CN2C[C@H]1OCCO[C@@H]1CN(C(=O)[C@@H](NC(=O)[C@H](C)NC)COC(=O)CCC(=O)OC[C@H](NC(=O)[C@H](C)NC)C2=O)[C@@H]2CN(CCc3ccccc3)C[C@@H]21. The second-order valence-electron chi connectivity index (χ2n) is 18.6. The summed E-state index contributed by atoms with van der Waals surface area (Å²) in [5.74, 6) is -2.87. The number of ether oxygens (including phenoxy) is 4. The van der Waals surface area contributed by atoms with E-state index in [-0.39, 0.29) is 75.1 Å². The summed E-state index contributed by atoms with van der Waals surface area (Å²) in [5.41, 5.74) is 2.49. The van der Waals surface area contributed by atoms with Crippen molar-refractivity contribution in [3.05, 3.63) is 71.8 Å². The number of rotatable bonds is 15. The topological polar surface area (TPSA) is 197 Å². The Balaban J connectivity index is 1.24. The van der Waals surface area contributed by atoms with Gasteiger partial charge in [-0.3, -0.25) is 28.8 Å². The molecule has 4 amide bonds. The third kappa shape index (κ3) is 14.5. The molecule has 4 N–H and O–H groups in total. The molecule has 0 aromatic heterocycles. The molecule has 0 aliphatic carbocycles. The number of likely N-dealkylation sites (tertiary alicyclic amines) is 1. The fraction of sp³-hybridized carbons (Fsp3) is 0.640. The van der Waals surface area contributed by atoms with E-state index in [0.717, 1.165) is 38.6 Å². The minimum atomic E-state index is -1.20. The van der Waals surface area contributed by atoms with Crippen molar-refractivity contribution in [2.45, 2.75) is 108 Å². The van der Waals surface area contributed by atoms with Gasteiger partial charge in [-0.15, -0.1) is 0 Å². The zero-order valence-electron chi connectivity index (χ0n) is 40.0. The van der Waals surface area contributed by atoms with Gasteiger partial charge in [-0.25, -0.2) is 0 Å². The van der Waals surface area contributed by atoms with Gasteiger partial charge in [0.25, 0.3) is 0 Å². The Morgan fingerprint density at radius 2 is 1.24 bits per heavy atom. The van der Waals surface area contributed by atoms with Crippen LogP contribution in [-0.4, -0.2) is 172 Å². The monoisotopic (exact) mass is 932 g/mol. The van der Waals surface area contributed by atoms with Crippen molar-refractivity contribution in [3.8, 4) is 0 Å². The van der Waals surface area contributed by atoms with Gasteiger partial charge in [-0.05, 0) is 70.7 Å². The highest BCUT2D eigenvalue weighted by Gasteiger charge is 2.51. The molecule has 4 aliphatic rings. The summed E-state index contributed by atoms with van der Waals surface area (Å²) in [5, 5.41) is 11.3. The van der Waals surface area contributed by atoms with Gasteiger partial charge in [0.05, 0.1) is 56.4 Å². The Bertz CT molecular complexity index is 1940. The van der Waals surface area contributed by atoms with Gasteiger partial charge in [0.15, 0.2) is 0 Å². The van der Waals surface area contributed by atoms with Crippen LogP contribution in [0.1, 0.15) is 64.0 Å². The Morgan fingerprint density at radius 1 is 0.687 bits per heavy atom. The van der Waals surface area contributed by atoms with E-state index in [4.69, 9.17) is 18.9 Å². The molecule has 0 radical (unpaired) electrons. The maximum Gasteiger partial charge on any atom is 0.306 e. The largest absolute Gasteiger partial charge is 0.463 e. The standard InChI is InChI=1S/C50H73N7O10/c1-6-35(17-18-36-13-9-7-10-14-36)25-38-26-56-29-43(38)64-23-24-65-44-30-57(42-28-55(27-39(42)44)22-21-37-15-11-8-12-16-37)50(63)41(54-48(61)34(3)52-5)32-67-46(59)20-19-45(58)66-31-40(49(56)62)53-47(60)33(2)51-4/h7-16,33-35,38-44,51-52H,6,17-32H2,1-5H3,(H,53,60)(H,54,61)/t33-,34-,35?,38-,39-,40-,41-,42+,43+,44+/m0/s1. The van der Waals surface area contributed by atoms with Gasteiger partial charge in [0.2, 0.25) is 23.6 Å². The van der Waals surface area contributed by atoms with E-state index in [1.54, 1.807) is 37.7 Å². The van der Waals surface area contributed by atoms with E-state index in [1.165, 1.54) is 11.1 Å². The van der Waals surface area contributed by atoms with Gasteiger partial charge >= 0.3 is 11.9 Å². The van der Waals surface area contributed by atoms with Gasteiger partial charge < -0.3 is 54.9 Å². The summed E-state index contributed by atoms with van der Waals surface area (Å²) in [4.78, 5) is 87.4. The number of likely N-dealkylation sites (N-methyl/N-ethyl adjacent to an activating group) is 2. The van der Waals surface area contributed by atoms with Crippen molar-refractivity contribution < 1.29 is 47.7 Å². The van der Waals surface area contributed by atoms with Gasteiger partial charge in [-0.1, -0.05) is 74.0 Å². The molecule has 4 saturated heterocycles. The van der Waals surface area contributed by atoms with Crippen molar-refractivity contribution >= 4 is 35.6 Å². The maximum absolute atomic E-state index is 14.6. The van der Waals surface area contributed by atoms with Crippen molar-refractivity contribution in [3.63, 3.8) is 0 Å². The summed E-state index contributed by atoms with van der Waals surface area (Å²) < 4.78 is 24.4. The average molecular weight is 932 g/mol. The predicted octanol–water partition coefficient (Wildman–Crippen LogP) is 1.72. The van der Waals surface area contributed by atoms with Gasteiger partial charge in [0.1, 0.15) is 25.3 Å². The Labute approximate surface area is 395 Å². The zero-order chi connectivity index (χ0) is 47.9. The number of nitrogens with zero attached hydrogens (tertiary/aromatic N) is 3. The minimum absolute atomic E-state index is 0.0119. The number of fused-ring (bicyclic) bond motifs is 7. The molecule has 4 heterocycles. The molecule has 0 spiro atoms.